The molecule has 2 aliphatic heterocycles. The van der Waals surface area contributed by atoms with E-state index in [0.29, 0.717) is 57.9 Å². The Kier molecular flexibility index (Phi) is 12.9. The van der Waals surface area contributed by atoms with Crippen molar-refractivity contribution in [2.45, 2.75) is 64.1 Å². The number of carboxylic acid groups (broad SMARTS) is 1. The van der Waals surface area contributed by atoms with Gasteiger partial charge >= 0.3 is 17.8 Å². The average molecular weight is 882 g/mol. The van der Waals surface area contributed by atoms with E-state index in [2.05, 4.69) is 10.6 Å². The number of nitrogens with one attached hydrogen (secondary N) is 2. The van der Waals surface area contributed by atoms with Gasteiger partial charge in [-0.15, -0.1) is 0 Å². The lowest BCUT2D eigenvalue weighted by Gasteiger charge is -2.55. The van der Waals surface area contributed by atoms with Gasteiger partial charge in [-0.05, 0) is 113 Å². The molecule has 4 aromatic rings. The number of piperidine rings is 1. The van der Waals surface area contributed by atoms with Crippen LogP contribution in [0.3, 0.4) is 0 Å². The molecule has 17 heteroatoms. The molecule has 0 radical (unpaired) electrons. The van der Waals surface area contributed by atoms with Gasteiger partial charge in [0.1, 0.15) is 27.4 Å². The van der Waals surface area contributed by atoms with Gasteiger partial charge < -0.3 is 29.8 Å². The standard InChI is InChI=1S/C42H39Cl2FN4O8S2/c1-41(2)20-26(47-37(52)36(51)46-25-8-13-31(44)32(45)18-25)21-42(3,4)49(41)35(50)22-56-27-9-5-23(6-10-27)15-16-48-38(53)34(59-40(48)58)19-28-11-14-33(57-28)24-7-12-30(43)29(17-24)39(54)55/h5-14,17-19,26H,15-16,20-22H2,1-4H3,(H,46,51)(H,47,52)(H,54,55)/b34-19-. The van der Waals surface area contributed by atoms with Gasteiger partial charge in [0.15, 0.2) is 6.61 Å². The van der Waals surface area contributed by atoms with Gasteiger partial charge in [0, 0.05) is 41.0 Å². The summed E-state index contributed by atoms with van der Waals surface area (Å²) < 4.78 is 26.0. The molecule has 2 aliphatic rings. The Morgan fingerprint density at radius 2 is 1.64 bits per heavy atom. The molecule has 3 aromatic carbocycles. The highest BCUT2D eigenvalue weighted by molar-refractivity contribution is 8.26. The van der Waals surface area contributed by atoms with Gasteiger partial charge in [-0.25, -0.2) is 9.18 Å². The molecule has 2 saturated heterocycles. The van der Waals surface area contributed by atoms with Crippen LogP contribution in [-0.2, 0) is 25.6 Å². The number of rotatable bonds is 11. The first kappa shape index (κ1) is 43.4. The topological polar surface area (TPSA) is 158 Å². The molecule has 3 heterocycles. The number of likely N-dealkylation sites (tertiary alicyclic amines) is 1. The summed E-state index contributed by atoms with van der Waals surface area (Å²) in [5.74, 6) is -2.92. The number of aromatic carboxylic acids is 1. The third kappa shape index (κ3) is 10.2. The fourth-order valence-electron chi connectivity index (χ4n) is 7.52. The smallest absolute Gasteiger partial charge is 0.337 e. The van der Waals surface area contributed by atoms with E-state index in [1.807, 2.05) is 39.8 Å². The summed E-state index contributed by atoms with van der Waals surface area (Å²) in [7, 11) is 0. The Labute approximate surface area is 359 Å². The lowest BCUT2D eigenvalue weighted by atomic mass is 9.76. The summed E-state index contributed by atoms with van der Waals surface area (Å²) in [5.41, 5.74) is 0.0541. The lowest BCUT2D eigenvalue weighted by Crippen LogP contribution is -2.67. The number of anilines is 1. The zero-order valence-corrected chi connectivity index (χ0v) is 35.4. The van der Waals surface area contributed by atoms with Crippen molar-refractivity contribution >= 4 is 92.9 Å². The number of ether oxygens (including phenoxy) is 1. The number of thiocarbonyl (C=S) groups is 1. The fraction of sp³-hybridized carbons (Fsp3) is 0.286. The van der Waals surface area contributed by atoms with E-state index in [9.17, 15) is 33.5 Å². The summed E-state index contributed by atoms with van der Waals surface area (Å²) >= 11 is 18.4. The maximum atomic E-state index is 13.8. The maximum absolute atomic E-state index is 13.8. The summed E-state index contributed by atoms with van der Waals surface area (Å²) in [4.78, 5) is 67.5. The molecule has 3 N–H and O–H groups in total. The van der Waals surface area contributed by atoms with E-state index in [1.165, 1.54) is 29.2 Å². The molecule has 0 saturated carbocycles. The van der Waals surface area contributed by atoms with Gasteiger partial charge in [-0.2, -0.15) is 0 Å². The number of halogens is 3. The number of nitrogens with zero attached hydrogens (tertiary/aromatic N) is 2. The van der Waals surface area contributed by atoms with Crippen LogP contribution in [0.5, 0.6) is 5.75 Å². The van der Waals surface area contributed by atoms with Crippen LogP contribution < -0.4 is 15.4 Å². The first-order chi connectivity index (χ1) is 27.8. The first-order valence-corrected chi connectivity index (χ1v) is 20.3. The van der Waals surface area contributed by atoms with Crippen LogP contribution in [0.4, 0.5) is 10.1 Å². The SMILES string of the molecule is CC1(C)CC(NC(=O)C(=O)Nc2ccc(Cl)c(F)c2)CC(C)(C)N1C(=O)COc1ccc(CCN2C(=O)/C(=C/c3ccc(-c4ccc(Cl)c(C(=O)O)c4)o3)SC2=S)cc1. The van der Waals surface area contributed by atoms with Crippen molar-refractivity contribution < 1.29 is 42.6 Å². The predicted molar refractivity (Wildman–Crippen MR) is 228 cm³/mol. The minimum absolute atomic E-state index is 0.0495. The molecule has 1 aromatic heterocycles. The number of hydrogen-bond donors (Lipinski definition) is 3. The quantitative estimate of drug-likeness (QED) is 0.0762. The van der Waals surface area contributed by atoms with Crippen molar-refractivity contribution in [2.24, 2.45) is 0 Å². The van der Waals surface area contributed by atoms with Gasteiger partial charge in [0.05, 0.1) is 20.5 Å². The second-order valence-corrected chi connectivity index (χ2v) is 17.7. The van der Waals surface area contributed by atoms with Crippen LogP contribution in [0.15, 0.2) is 82.1 Å². The van der Waals surface area contributed by atoms with Crippen LogP contribution in [0.25, 0.3) is 17.4 Å². The van der Waals surface area contributed by atoms with Gasteiger partial charge in [0.2, 0.25) is 0 Å². The minimum Gasteiger partial charge on any atom is -0.484 e. The Hall–Kier alpha value is -5.22. The van der Waals surface area contributed by atoms with E-state index < -0.39 is 40.7 Å². The maximum Gasteiger partial charge on any atom is 0.337 e. The predicted octanol–water partition coefficient (Wildman–Crippen LogP) is 8.22. The van der Waals surface area contributed by atoms with Crippen LogP contribution in [0, 0.1) is 5.82 Å². The third-order valence-electron chi connectivity index (χ3n) is 9.84. The first-order valence-electron chi connectivity index (χ1n) is 18.3. The number of amides is 4. The third-order valence-corrected chi connectivity index (χ3v) is 11.8. The molecule has 59 heavy (non-hydrogen) atoms. The lowest BCUT2D eigenvalue weighted by molar-refractivity contribution is -0.153. The number of benzene rings is 3. The zero-order chi connectivity index (χ0) is 42.8. The highest BCUT2D eigenvalue weighted by Crippen LogP contribution is 2.39. The molecule has 0 aliphatic carbocycles. The molecule has 4 amide bonds. The van der Waals surface area contributed by atoms with Crippen LogP contribution in [0.2, 0.25) is 10.0 Å². The van der Waals surface area contributed by atoms with Gasteiger partial charge in [0.25, 0.3) is 11.8 Å². The fourth-order valence-corrected chi connectivity index (χ4v) is 9.13. The Balaban J connectivity index is 0.988. The largest absolute Gasteiger partial charge is 0.484 e. The molecule has 0 unspecified atom stereocenters. The molecule has 12 nitrogen and oxygen atoms in total. The molecular weight excluding hydrogens is 843 g/mol. The molecular formula is C42H39Cl2FN4O8S2. The van der Waals surface area contributed by atoms with Gasteiger partial charge in [-0.1, -0.05) is 59.3 Å². The molecule has 0 atom stereocenters. The van der Waals surface area contributed by atoms with Crippen molar-refractivity contribution in [3.63, 3.8) is 0 Å². The molecule has 308 valence electrons. The Morgan fingerprint density at radius 1 is 0.966 bits per heavy atom. The molecule has 6 rings (SSSR count). The minimum atomic E-state index is -1.16. The van der Waals surface area contributed by atoms with E-state index in [4.69, 9.17) is 44.6 Å². The number of carbonyl (C=O) groups excluding carboxylic acids is 4. The van der Waals surface area contributed by atoms with Crippen LogP contribution in [0.1, 0.15) is 62.2 Å². The van der Waals surface area contributed by atoms with Gasteiger partial charge in [-0.3, -0.25) is 24.1 Å². The van der Waals surface area contributed by atoms with Crippen molar-refractivity contribution in [3.8, 4) is 17.1 Å². The highest BCUT2D eigenvalue weighted by atomic mass is 35.5. The number of furan rings is 1. The summed E-state index contributed by atoms with van der Waals surface area (Å²) in [6.45, 7) is 7.66. The monoisotopic (exact) mass is 880 g/mol. The molecule has 2 fully saturated rings. The van der Waals surface area contributed by atoms with E-state index in [1.54, 1.807) is 41.3 Å². The number of hydrogen-bond acceptors (Lipinski definition) is 9. The Bertz CT molecular complexity index is 2370. The highest BCUT2D eigenvalue weighted by Gasteiger charge is 2.48. The van der Waals surface area contributed by atoms with Crippen molar-refractivity contribution in [3.05, 3.63) is 110 Å². The number of carbonyl (C=O) groups is 5. The van der Waals surface area contributed by atoms with Crippen LogP contribution in [-0.4, -0.2) is 79.1 Å². The second-order valence-electron chi connectivity index (χ2n) is 15.2. The summed E-state index contributed by atoms with van der Waals surface area (Å²) in [6.07, 6.45) is 2.84. The zero-order valence-electron chi connectivity index (χ0n) is 32.3. The van der Waals surface area contributed by atoms with E-state index in [0.717, 1.165) is 23.4 Å². The van der Waals surface area contributed by atoms with Crippen molar-refractivity contribution in [2.75, 3.05) is 18.5 Å². The van der Waals surface area contributed by atoms with E-state index in [-0.39, 0.29) is 39.7 Å². The Morgan fingerprint density at radius 3 is 2.31 bits per heavy atom. The summed E-state index contributed by atoms with van der Waals surface area (Å²) in [6, 6.07) is 18.4. The summed E-state index contributed by atoms with van der Waals surface area (Å²) in [5, 5.41) is 14.5. The van der Waals surface area contributed by atoms with Crippen molar-refractivity contribution in [1.82, 2.24) is 15.1 Å². The second kappa shape index (κ2) is 17.6. The number of thioether (sulfide) groups is 1. The molecule has 0 spiro atoms. The normalized spacial score (nSPS) is 17.0. The molecule has 0 bridgehead atoms. The van der Waals surface area contributed by atoms with Crippen LogP contribution >= 0.6 is 47.2 Å². The average Bonchev–Trinajstić information content (AvgIpc) is 3.73. The number of carboxylic acids is 1. The van der Waals surface area contributed by atoms with E-state index >= 15 is 0 Å². The van der Waals surface area contributed by atoms with Crippen molar-refractivity contribution in [1.29, 1.82) is 0 Å².